The van der Waals surface area contributed by atoms with Crippen LogP contribution in [0, 0.1) is 5.92 Å². The molecule has 1 heterocycles. The Morgan fingerprint density at radius 1 is 1.19 bits per heavy atom. The number of aliphatic hydroxyl groups is 1. The number of nitrogens with zero attached hydrogens (tertiary/aromatic N) is 3. The summed E-state index contributed by atoms with van der Waals surface area (Å²) >= 11 is 1.88. The molecule has 0 aliphatic carbocycles. The van der Waals surface area contributed by atoms with Crippen LogP contribution in [0.15, 0.2) is 41.8 Å². The summed E-state index contributed by atoms with van der Waals surface area (Å²) < 4.78 is 1.74. The molecule has 0 saturated heterocycles. The summed E-state index contributed by atoms with van der Waals surface area (Å²) in [6.07, 6.45) is 4.59. The van der Waals surface area contributed by atoms with Crippen molar-refractivity contribution in [1.82, 2.24) is 14.8 Å². The molecule has 0 saturated carbocycles. The van der Waals surface area contributed by atoms with Crippen LogP contribution in [0.25, 0.3) is 0 Å². The van der Waals surface area contributed by atoms with Gasteiger partial charge in [0.2, 0.25) is 0 Å². The fraction of sp³-hybridized carbons (Fsp3) is 0.500. The molecule has 0 amide bonds. The number of hydrogen-bond donors (Lipinski definition) is 1. The lowest BCUT2D eigenvalue weighted by atomic mass is 10.1. The fourth-order valence-electron chi connectivity index (χ4n) is 1.97. The maximum Gasteiger partial charge on any atom is 0.137 e. The summed E-state index contributed by atoms with van der Waals surface area (Å²) in [5.74, 6) is 1.89. The lowest BCUT2D eigenvalue weighted by Crippen LogP contribution is -2.05. The standard InChI is InChI=1S/C16H23N3OS/c1-13(2)8-10-21-15-5-3-14(4-6-15)16(20)7-9-19-12-17-11-18-19/h3-6,11-13,16,20H,7-10H2,1-2H3. The van der Waals surface area contributed by atoms with Gasteiger partial charge in [0, 0.05) is 11.4 Å². The first-order chi connectivity index (χ1) is 10.1. The Morgan fingerprint density at radius 3 is 2.57 bits per heavy atom. The van der Waals surface area contributed by atoms with E-state index in [9.17, 15) is 5.11 Å². The van der Waals surface area contributed by atoms with Crippen molar-refractivity contribution < 1.29 is 5.11 Å². The Labute approximate surface area is 130 Å². The Bertz CT molecular complexity index is 511. The summed E-state index contributed by atoms with van der Waals surface area (Å²) in [5.41, 5.74) is 0.961. The fourth-order valence-corrected chi connectivity index (χ4v) is 3.12. The van der Waals surface area contributed by atoms with Gasteiger partial charge in [-0.05, 0) is 42.2 Å². The van der Waals surface area contributed by atoms with Crippen LogP contribution in [-0.4, -0.2) is 25.6 Å². The second kappa shape index (κ2) is 8.20. The van der Waals surface area contributed by atoms with Crippen molar-refractivity contribution in [2.24, 2.45) is 5.92 Å². The first kappa shape index (κ1) is 16.0. The number of benzene rings is 1. The van der Waals surface area contributed by atoms with Crippen LogP contribution in [0.4, 0.5) is 0 Å². The highest BCUT2D eigenvalue weighted by molar-refractivity contribution is 7.99. The average molecular weight is 305 g/mol. The molecule has 2 aromatic rings. The van der Waals surface area contributed by atoms with E-state index >= 15 is 0 Å². The van der Waals surface area contributed by atoms with Crippen molar-refractivity contribution in [3.63, 3.8) is 0 Å². The predicted octanol–water partition coefficient (Wildman–Crippen LogP) is 3.54. The van der Waals surface area contributed by atoms with Crippen molar-refractivity contribution in [3.05, 3.63) is 42.5 Å². The number of rotatable bonds is 8. The topological polar surface area (TPSA) is 50.9 Å². The van der Waals surface area contributed by atoms with Gasteiger partial charge in [0.1, 0.15) is 12.7 Å². The molecule has 5 heteroatoms. The van der Waals surface area contributed by atoms with Gasteiger partial charge in [-0.3, -0.25) is 4.68 Å². The Hall–Kier alpha value is -1.33. The van der Waals surface area contributed by atoms with Gasteiger partial charge in [0.05, 0.1) is 6.10 Å². The van der Waals surface area contributed by atoms with Gasteiger partial charge in [-0.25, -0.2) is 4.98 Å². The molecule has 0 aliphatic rings. The van der Waals surface area contributed by atoms with Crippen LogP contribution >= 0.6 is 11.8 Å². The van der Waals surface area contributed by atoms with Gasteiger partial charge in [0.15, 0.2) is 0 Å². The van der Waals surface area contributed by atoms with Crippen LogP contribution in [0.3, 0.4) is 0 Å². The van der Waals surface area contributed by atoms with Crippen molar-refractivity contribution in [1.29, 1.82) is 0 Å². The third kappa shape index (κ3) is 5.52. The van der Waals surface area contributed by atoms with Gasteiger partial charge >= 0.3 is 0 Å². The number of aromatic nitrogens is 3. The Morgan fingerprint density at radius 2 is 1.95 bits per heavy atom. The highest BCUT2D eigenvalue weighted by atomic mass is 32.2. The van der Waals surface area contributed by atoms with E-state index in [-0.39, 0.29) is 0 Å². The van der Waals surface area contributed by atoms with Gasteiger partial charge in [-0.2, -0.15) is 5.10 Å². The lowest BCUT2D eigenvalue weighted by Gasteiger charge is -2.11. The van der Waals surface area contributed by atoms with Gasteiger partial charge in [-0.15, -0.1) is 11.8 Å². The van der Waals surface area contributed by atoms with E-state index < -0.39 is 6.10 Å². The van der Waals surface area contributed by atoms with Gasteiger partial charge < -0.3 is 5.11 Å². The van der Waals surface area contributed by atoms with E-state index in [0.717, 1.165) is 17.2 Å². The second-order valence-electron chi connectivity index (χ2n) is 5.56. The Kier molecular flexibility index (Phi) is 6.26. The molecular formula is C16H23N3OS. The summed E-state index contributed by atoms with van der Waals surface area (Å²) in [7, 11) is 0. The number of aryl methyl sites for hydroxylation is 1. The van der Waals surface area contributed by atoms with Crippen LogP contribution in [-0.2, 0) is 6.54 Å². The summed E-state index contributed by atoms with van der Waals surface area (Å²) in [5, 5.41) is 14.2. The van der Waals surface area contributed by atoms with Crippen molar-refractivity contribution in [2.75, 3.05) is 5.75 Å². The van der Waals surface area contributed by atoms with Crippen LogP contribution in [0.2, 0.25) is 0 Å². The lowest BCUT2D eigenvalue weighted by molar-refractivity contribution is 0.159. The van der Waals surface area contributed by atoms with Crippen LogP contribution in [0.1, 0.15) is 38.4 Å². The molecule has 4 nitrogen and oxygen atoms in total. The molecule has 114 valence electrons. The zero-order valence-electron chi connectivity index (χ0n) is 12.6. The predicted molar refractivity (Wildman–Crippen MR) is 86.2 cm³/mol. The minimum atomic E-state index is -0.455. The third-order valence-electron chi connectivity index (χ3n) is 3.33. The van der Waals surface area contributed by atoms with E-state index in [1.807, 2.05) is 23.9 Å². The monoisotopic (exact) mass is 305 g/mol. The third-order valence-corrected chi connectivity index (χ3v) is 4.37. The first-order valence-corrected chi connectivity index (χ1v) is 8.37. The van der Waals surface area contributed by atoms with Gasteiger partial charge in [0.25, 0.3) is 0 Å². The molecule has 0 fully saturated rings. The molecule has 2 rings (SSSR count). The minimum absolute atomic E-state index is 0.455. The van der Waals surface area contributed by atoms with Crippen molar-refractivity contribution in [2.45, 2.75) is 44.2 Å². The molecule has 1 N–H and O–H groups in total. The number of thioether (sulfide) groups is 1. The highest BCUT2D eigenvalue weighted by Crippen LogP contribution is 2.24. The maximum absolute atomic E-state index is 10.2. The van der Waals surface area contributed by atoms with Crippen molar-refractivity contribution >= 4 is 11.8 Å². The summed E-state index contributed by atoms with van der Waals surface area (Å²) in [6, 6.07) is 8.23. The van der Waals surface area contributed by atoms with Crippen molar-refractivity contribution in [3.8, 4) is 0 Å². The highest BCUT2D eigenvalue weighted by Gasteiger charge is 2.08. The van der Waals surface area contributed by atoms with E-state index in [4.69, 9.17) is 0 Å². The van der Waals surface area contributed by atoms with E-state index in [1.165, 1.54) is 17.6 Å². The molecule has 1 aromatic heterocycles. The molecular weight excluding hydrogens is 282 g/mol. The molecule has 21 heavy (non-hydrogen) atoms. The average Bonchev–Trinajstić information content (AvgIpc) is 2.98. The molecule has 1 atom stereocenters. The SMILES string of the molecule is CC(C)CCSc1ccc(C(O)CCn2cncn2)cc1. The quantitative estimate of drug-likeness (QED) is 0.758. The molecule has 0 spiro atoms. The second-order valence-corrected chi connectivity index (χ2v) is 6.73. The zero-order valence-corrected chi connectivity index (χ0v) is 13.5. The number of aliphatic hydroxyl groups excluding tert-OH is 1. The van der Waals surface area contributed by atoms with Crippen LogP contribution in [0.5, 0.6) is 0 Å². The molecule has 1 aromatic carbocycles. The maximum atomic E-state index is 10.2. The molecule has 1 unspecified atom stereocenters. The van der Waals surface area contributed by atoms with Gasteiger partial charge in [-0.1, -0.05) is 26.0 Å². The molecule has 0 radical (unpaired) electrons. The van der Waals surface area contributed by atoms with E-state index in [2.05, 4.69) is 36.1 Å². The minimum Gasteiger partial charge on any atom is -0.388 e. The Balaban J connectivity index is 1.80. The zero-order chi connectivity index (χ0) is 15.1. The smallest absolute Gasteiger partial charge is 0.137 e. The normalized spacial score (nSPS) is 12.8. The van der Waals surface area contributed by atoms with E-state index in [1.54, 1.807) is 11.0 Å². The van der Waals surface area contributed by atoms with Crippen LogP contribution < -0.4 is 0 Å². The summed E-state index contributed by atoms with van der Waals surface area (Å²) in [6.45, 7) is 5.16. The molecule has 0 aliphatic heterocycles. The number of hydrogen-bond acceptors (Lipinski definition) is 4. The largest absolute Gasteiger partial charge is 0.388 e. The van der Waals surface area contributed by atoms with E-state index in [0.29, 0.717) is 13.0 Å². The first-order valence-electron chi connectivity index (χ1n) is 7.38. The summed E-state index contributed by atoms with van der Waals surface area (Å²) in [4.78, 5) is 5.16. The molecule has 0 bridgehead atoms.